The predicted molar refractivity (Wildman–Crippen MR) is 71.0 cm³/mol. The predicted octanol–water partition coefficient (Wildman–Crippen LogP) is -0.703. The van der Waals surface area contributed by atoms with Gasteiger partial charge in [0.1, 0.15) is 6.54 Å². The second-order valence-corrected chi connectivity index (χ2v) is 4.47. The van der Waals surface area contributed by atoms with Gasteiger partial charge >= 0.3 is 0 Å². The topological polar surface area (TPSA) is 63.6 Å². The molecule has 1 aliphatic rings. The second kappa shape index (κ2) is 7.06. The van der Waals surface area contributed by atoms with Crippen LogP contribution < -0.4 is 10.9 Å². The molecular formula is C13H19N3O3. The first-order valence-electron chi connectivity index (χ1n) is 6.48. The van der Waals surface area contributed by atoms with Gasteiger partial charge in [0.15, 0.2) is 0 Å². The summed E-state index contributed by atoms with van der Waals surface area (Å²) in [5.41, 5.74) is -0.161. The average Bonchev–Trinajstić information content (AvgIpc) is 2.43. The van der Waals surface area contributed by atoms with Crippen LogP contribution in [0.25, 0.3) is 0 Å². The summed E-state index contributed by atoms with van der Waals surface area (Å²) in [5.74, 6) is -0.137. The van der Waals surface area contributed by atoms with Crippen molar-refractivity contribution in [3.63, 3.8) is 0 Å². The summed E-state index contributed by atoms with van der Waals surface area (Å²) < 4.78 is 6.65. The van der Waals surface area contributed by atoms with Gasteiger partial charge in [-0.2, -0.15) is 0 Å². The van der Waals surface area contributed by atoms with Crippen LogP contribution in [0.15, 0.2) is 29.2 Å². The fraction of sp³-hybridized carbons (Fsp3) is 0.538. The quantitative estimate of drug-likeness (QED) is 0.764. The van der Waals surface area contributed by atoms with Crippen LogP contribution in [0.3, 0.4) is 0 Å². The van der Waals surface area contributed by atoms with Crippen LogP contribution in [-0.4, -0.2) is 54.8 Å². The fourth-order valence-corrected chi connectivity index (χ4v) is 1.98. The molecule has 2 heterocycles. The number of carbonyl (C=O) groups excluding carboxylic acids is 1. The molecule has 1 saturated heterocycles. The Balaban J connectivity index is 1.70. The second-order valence-electron chi connectivity index (χ2n) is 4.47. The Kier molecular flexibility index (Phi) is 5.11. The summed E-state index contributed by atoms with van der Waals surface area (Å²) in [6.07, 6.45) is 1.61. The molecule has 1 fully saturated rings. The number of aromatic nitrogens is 1. The first-order valence-corrected chi connectivity index (χ1v) is 6.48. The van der Waals surface area contributed by atoms with Gasteiger partial charge < -0.3 is 14.6 Å². The van der Waals surface area contributed by atoms with Crippen LogP contribution in [0.5, 0.6) is 0 Å². The highest BCUT2D eigenvalue weighted by atomic mass is 16.5. The van der Waals surface area contributed by atoms with Crippen molar-refractivity contribution in [1.29, 1.82) is 0 Å². The van der Waals surface area contributed by atoms with Crippen molar-refractivity contribution in [2.75, 3.05) is 39.4 Å². The van der Waals surface area contributed by atoms with Gasteiger partial charge in [0, 0.05) is 38.4 Å². The lowest BCUT2D eigenvalue weighted by atomic mass is 10.4. The van der Waals surface area contributed by atoms with Crippen molar-refractivity contribution >= 4 is 5.91 Å². The zero-order valence-corrected chi connectivity index (χ0v) is 10.9. The van der Waals surface area contributed by atoms with Gasteiger partial charge in [0.2, 0.25) is 5.91 Å². The first-order chi connectivity index (χ1) is 9.25. The van der Waals surface area contributed by atoms with E-state index in [9.17, 15) is 9.59 Å². The van der Waals surface area contributed by atoms with E-state index in [0.29, 0.717) is 6.54 Å². The molecule has 2 rings (SSSR count). The molecule has 1 amide bonds. The van der Waals surface area contributed by atoms with E-state index in [2.05, 4.69) is 10.2 Å². The SMILES string of the molecule is O=C(Cn1ccccc1=O)NCCN1CCOCC1. The lowest BCUT2D eigenvalue weighted by Gasteiger charge is -2.26. The molecule has 0 aromatic carbocycles. The van der Waals surface area contributed by atoms with Crippen LogP contribution in [-0.2, 0) is 16.1 Å². The Bertz CT molecular complexity index is 466. The minimum Gasteiger partial charge on any atom is -0.379 e. The Morgan fingerprint density at radius 2 is 2.11 bits per heavy atom. The first kappa shape index (κ1) is 13.8. The lowest BCUT2D eigenvalue weighted by Crippen LogP contribution is -2.42. The van der Waals surface area contributed by atoms with Crippen LogP contribution in [0.4, 0.5) is 0 Å². The third-order valence-corrected chi connectivity index (χ3v) is 3.07. The van der Waals surface area contributed by atoms with Crippen LogP contribution in [0.1, 0.15) is 0 Å². The highest BCUT2D eigenvalue weighted by molar-refractivity contribution is 5.75. The van der Waals surface area contributed by atoms with Gasteiger partial charge in [-0.05, 0) is 6.07 Å². The molecule has 6 nitrogen and oxygen atoms in total. The third kappa shape index (κ3) is 4.50. The molecule has 0 unspecified atom stereocenters. The largest absolute Gasteiger partial charge is 0.379 e. The van der Waals surface area contributed by atoms with Gasteiger partial charge in [-0.3, -0.25) is 14.5 Å². The molecule has 104 valence electrons. The van der Waals surface area contributed by atoms with Crippen molar-refractivity contribution in [3.8, 4) is 0 Å². The maximum absolute atomic E-state index is 11.7. The van der Waals surface area contributed by atoms with Crippen molar-refractivity contribution < 1.29 is 9.53 Å². The van der Waals surface area contributed by atoms with Crippen molar-refractivity contribution in [1.82, 2.24) is 14.8 Å². The number of amides is 1. The smallest absolute Gasteiger partial charge is 0.250 e. The number of pyridine rings is 1. The number of morpholine rings is 1. The van der Waals surface area contributed by atoms with E-state index in [-0.39, 0.29) is 18.0 Å². The molecule has 19 heavy (non-hydrogen) atoms. The molecule has 0 aliphatic carbocycles. The number of rotatable bonds is 5. The van der Waals surface area contributed by atoms with Gasteiger partial charge in [0.05, 0.1) is 13.2 Å². The normalized spacial score (nSPS) is 16.2. The molecule has 0 spiro atoms. The minimum absolute atomic E-state index is 0.0722. The van der Waals surface area contributed by atoms with Crippen LogP contribution in [0.2, 0.25) is 0 Å². The van der Waals surface area contributed by atoms with Crippen LogP contribution >= 0.6 is 0 Å². The van der Waals surface area contributed by atoms with Gasteiger partial charge in [-0.25, -0.2) is 0 Å². The highest BCUT2D eigenvalue weighted by Crippen LogP contribution is 1.94. The highest BCUT2D eigenvalue weighted by Gasteiger charge is 2.10. The summed E-state index contributed by atoms with van der Waals surface area (Å²) in [4.78, 5) is 25.4. The molecule has 0 radical (unpaired) electrons. The number of nitrogens with one attached hydrogen (secondary N) is 1. The van der Waals surface area contributed by atoms with Gasteiger partial charge in [0.25, 0.3) is 5.56 Å². The molecule has 1 aromatic heterocycles. The number of hydrogen-bond donors (Lipinski definition) is 1. The summed E-state index contributed by atoms with van der Waals surface area (Å²) in [5, 5.41) is 2.82. The van der Waals surface area contributed by atoms with E-state index < -0.39 is 0 Å². The Hall–Kier alpha value is -1.66. The number of ether oxygens (including phenoxy) is 1. The standard InChI is InChI=1S/C13H19N3O3/c17-12(11-16-5-2-1-3-13(16)18)14-4-6-15-7-9-19-10-8-15/h1-3,5H,4,6-11H2,(H,14,17). The lowest BCUT2D eigenvalue weighted by molar-refractivity contribution is -0.121. The van der Waals surface area contributed by atoms with Gasteiger partial charge in [-0.15, -0.1) is 0 Å². The molecule has 0 bridgehead atoms. The third-order valence-electron chi connectivity index (χ3n) is 3.07. The Labute approximate surface area is 112 Å². The zero-order chi connectivity index (χ0) is 13.5. The van der Waals surface area contributed by atoms with Crippen molar-refractivity contribution in [3.05, 3.63) is 34.7 Å². The van der Waals surface area contributed by atoms with E-state index in [1.807, 2.05) is 0 Å². The van der Waals surface area contributed by atoms with E-state index in [0.717, 1.165) is 32.8 Å². The van der Waals surface area contributed by atoms with Gasteiger partial charge in [-0.1, -0.05) is 6.07 Å². The molecule has 1 N–H and O–H groups in total. The summed E-state index contributed by atoms with van der Waals surface area (Å²) in [7, 11) is 0. The molecule has 1 aromatic rings. The zero-order valence-electron chi connectivity index (χ0n) is 10.9. The van der Waals surface area contributed by atoms with E-state index in [1.165, 1.54) is 10.6 Å². The molecule has 6 heteroatoms. The number of hydrogen-bond acceptors (Lipinski definition) is 4. The maximum Gasteiger partial charge on any atom is 0.250 e. The average molecular weight is 265 g/mol. The van der Waals surface area contributed by atoms with Crippen molar-refractivity contribution in [2.24, 2.45) is 0 Å². The molecule has 0 saturated carbocycles. The Morgan fingerprint density at radius 1 is 1.32 bits per heavy atom. The molecule has 1 aliphatic heterocycles. The van der Waals surface area contributed by atoms with E-state index in [4.69, 9.17) is 4.74 Å². The molecule has 0 atom stereocenters. The maximum atomic E-state index is 11.7. The number of carbonyl (C=O) groups is 1. The Morgan fingerprint density at radius 3 is 2.84 bits per heavy atom. The fourth-order valence-electron chi connectivity index (χ4n) is 1.98. The monoisotopic (exact) mass is 265 g/mol. The van der Waals surface area contributed by atoms with Crippen molar-refractivity contribution in [2.45, 2.75) is 6.54 Å². The minimum atomic E-state index is -0.161. The molecular weight excluding hydrogens is 246 g/mol. The van der Waals surface area contributed by atoms with E-state index >= 15 is 0 Å². The summed E-state index contributed by atoms with van der Waals surface area (Å²) in [6.45, 7) is 4.82. The van der Waals surface area contributed by atoms with Crippen LogP contribution in [0, 0.1) is 0 Å². The number of nitrogens with zero attached hydrogens (tertiary/aromatic N) is 2. The summed E-state index contributed by atoms with van der Waals surface area (Å²) >= 11 is 0. The summed E-state index contributed by atoms with van der Waals surface area (Å²) in [6, 6.07) is 4.85. The van der Waals surface area contributed by atoms with E-state index in [1.54, 1.807) is 18.3 Å².